The molecule has 1 rings (SSSR count). The first-order chi connectivity index (χ1) is 8.29. The lowest BCUT2D eigenvalue weighted by Gasteiger charge is -2.22. The topological polar surface area (TPSA) is 49.3 Å². The highest BCUT2D eigenvalue weighted by atomic mass is 16.4. The van der Waals surface area contributed by atoms with E-state index < -0.39 is 5.97 Å². The van der Waals surface area contributed by atoms with Gasteiger partial charge in [-0.25, -0.2) is 0 Å². The van der Waals surface area contributed by atoms with Crippen LogP contribution >= 0.6 is 0 Å². The highest BCUT2D eigenvalue weighted by molar-refractivity contribution is 5.66. The SMILES string of the molecule is O=C(O)CCCCCCCNC1CCCCC1. The zero-order valence-corrected chi connectivity index (χ0v) is 10.9. The van der Waals surface area contributed by atoms with Crippen LogP contribution in [-0.2, 0) is 4.79 Å². The lowest BCUT2D eigenvalue weighted by Crippen LogP contribution is -2.31. The molecule has 0 spiro atoms. The van der Waals surface area contributed by atoms with Crippen LogP contribution in [0.3, 0.4) is 0 Å². The minimum absolute atomic E-state index is 0.334. The molecule has 0 aliphatic heterocycles. The van der Waals surface area contributed by atoms with Crippen LogP contribution in [0.15, 0.2) is 0 Å². The van der Waals surface area contributed by atoms with Gasteiger partial charge in [0.2, 0.25) is 0 Å². The van der Waals surface area contributed by atoms with E-state index in [-0.39, 0.29) is 0 Å². The second-order valence-corrected chi connectivity index (χ2v) is 5.20. The van der Waals surface area contributed by atoms with Crippen molar-refractivity contribution in [2.45, 2.75) is 76.7 Å². The second kappa shape index (κ2) is 9.46. The average Bonchev–Trinajstić information content (AvgIpc) is 2.33. The third-order valence-electron chi connectivity index (χ3n) is 3.61. The van der Waals surface area contributed by atoms with Crippen molar-refractivity contribution in [1.29, 1.82) is 0 Å². The third kappa shape index (κ3) is 8.19. The molecule has 2 N–H and O–H groups in total. The first-order valence-electron chi connectivity index (χ1n) is 7.24. The van der Waals surface area contributed by atoms with Crippen molar-refractivity contribution < 1.29 is 9.90 Å². The number of carboxylic acids is 1. The maximum Gasteiger partial charge on any atom is 0.303 e. The van der Waals surface area contributed by atoms with E-state index in [1.807, 2.05) is 0 Å². The van der Waals surface area contributed by atoms with Crippen molar-refractivity contribution in [2.24, 2.45) is 0 Å². The molecule has 0 amide bonds. The Morgan fingerprint density at radius 3 is 2.35 bits per heavy atom. The minimum atomic E-state index is -0.663. The molecule has 0 unspecified atom stereocenters. The van der Waals surface area contributed by atoms with Gasteiger partial charge in [-0.1, -0.05) is 38.5 Å². The monoisotopic (exact) mass is 241 g/mol. The normalized spacial score (nSPS) is 17.2. The Morgan fingerprint density at radius 2 is 1.65 bits per heavy atom. The zero-order chi connectivity index (χ0) is 12.3. The summed E-state index contributed by atoms with van der Waals surface area (Å²) in [4.78, 5) is 10.3. The van der Waals surface area contributed by atoms with Gasteiger partial charge in [0, 0.05) is 12.5 Å². The maximum absolute atomic E-state index is 10.3. The van der Waals surface area contributed by atoms with E-state index in [1.165, 1.54) is 51.4 Å². The third-order valence-corrected chi connectivity index (χ3v) is 3.61. The summed E-state index contributed by atoms with van der Waals surface area (Å²) in [5, 5.41) is 12.1. The Balaban J connectivity index is 1.79. The van der Waals surface area contributed by atoms with Gasteiger partial charge in [-0.2, -0.15) is 0 Å². The molecule has 1 aliphatic carbocycles. The van der Waals surface area contributed by atoms with E-state index >= 15 is 0 Å². The van der Waals surface area contributed by atoms with Crippen LogP contribution in [0.4, 0.5) is 0 Å². The summed E-state index contributed by atoms with van der Waals surface area (Å²) >= 11 is 0. The van der Waals surface area contributed by atoms with Gasteiger partial charge >= 0.3 is 5.97 Å². The van der Waals surface area contributed by atoms with Crippen LogP contribution in [0, 0.1) is 0 Å². The lowest BCUT2D eigenvalue weighted by atomic mass is 9.95. The molecule has 3 nitrogen and oxygen atoms in total. The maximum atomic E-state index is 10.3. The predicted octanol–water partition coefficient (Wildman–Crippen LogP) is 3.33. The molecule has 1 aliphatic rings. The molecule has 100 valence electrons. The largest absolute Gasteiger partial charge is 0.481 e. The Kier molecular flexibility index (Phi) is 8.06. The number of nitrogens with one attached hydrogen (secondary N) is 1. The van der Waals surface area contributed by atoms with E-state index in [0.29, 0.717) is 6.42 Å². The molecule has 1 saturated carbocycles. The molecule has 0 bridgehead atoms. The first kappa shape index (κ1) is 14.5. The predicted molar refractivity (Wildman–Crippen MR) is 70.2 cm³/mol. The van der Waals surface area contributed by atoms with Crippen LogP contribution in [0.1, 0.15) is 70.6 Å². The van der Waals surface area contributed by atoms with Crippen molar-refractivity contribution in [3.63, 3.8) is 0 Å². The number of aliphatic carboxylic acids is 1. The van der Waals surface area contributed by atoms with Gasteiger partial charge in [0.1, 0.15) is 0 Å². The smallest absolute Gasteiger partial charge is 0.303 e. The molecule has 0 aromatic carbocycles. The molecule has 0 heterocycles. The number of rotatable bonds is 9. The molecule has 1 fully saturated rings. The Labute approximate surface area is 105 Å². The molecule has 0 radical (unpaired) electrons. The number of unbranched alkanes of at least 4 members (excludes halogenated alkanes) is 4. The summed E-state index contributed by atoms with van der Waals surface area (Å²) in [5.41, 5.74) is 0. The van der Waals surface area contributed by atoms with Crippen LogP contribution < -0.4 is 5.32 Å². The fourth-order valence-electron chi connectivity index (χ4n) is 2.54. The molecule has 17 heavy (non-hydrogen) atoms. The molecule has 3 heteroatoms. The summed E-state index contributed by atoms with van der Waals surface area (Å²) in [6, 6.07) is 0.774. The zero-order valence-electron chi connectivity index (χ0n) is 10.9. The fourth-order valence-corrected chi connectivity index (χ4v) is 2.54. The lowest BCUT2D eigenvalue weighted by molar-refractivity contribution is -0.137. The average molecular weight is 241 g/mol. The van der Waals surface area contributed by atoms with Crippen molar-refractivity contribution in [2.75, 3.05) is 6.54 Å². The molecule has 0 saturated heterocycles. The summed E-state index contributed by atoms with van der Waals surface area (Å²) < 4.78 is 0. The van der Waals surface area contributed by atoms with Gasteiger partial charge in [-0.05, 0) is 32.2 Å². The van der Waals surface area contributed by atoms with Crippen molar-refractivity contribution in [1.82, 2.24) is 5.32 Å². The van der Waals surface area contributed by atoms with E-state index in [2.05, 4.69) is 5.32 Å². The van der Waals surface area contributed by atoms with E-state index in [9.17, 15) is 4.79 Å². The number of hydrogen-bond donors (Lipinski definition) is 2. The van der Waals surface area contributed by atoms with Gasteiger partial charge in [-0.3, -0.25) is 4.79 Å². The second-order valence-electron chi connectivity index (χ2n) is 5.20. The van der Waals surface area contributed by atoms with Crippen molar-refractivity contribution in [3.8, 4) is 0 Å². The van der Waals surface area contributed by atoms with E-state index in [4.69, 9.17) is 5.11 Å². The van der Waals surface area contributed by atoms with Gasteiger partial charge in [0.25, 0.3) is 0 Å². The highest BCUT2D eigenvalue weighted by Crippen LogP contribution is 2.17. The summed E-state index contributed by atoms with van der Waals surface area (Å²) in [6.45, 7) is 1.14. The summed E-state index contributed by atoms with van der Waals surface area (Å²) in [6.07, 6.45) is 12.8. The number of hydrogen-bond acceptors (Lipinski definition) is 2. The van der Waals surface area contributed by atoms with Gasteiger partial charge in [-0.15, -0.1) is 0 Å². The molecular formula is C14H27NO2. The molecule has 0 aromatic rings. The number of carboxylic acid groups (broad SMARTS) is 1. The first-order valence-corrected chi connectivity index (χ1v) is 7.24. The van der Waals surface area contributed by atoms with E-state index in [1.54, 1.807) is 0 Å². The summed E-state index contributed by atoms with van der Waals surface area (Å²) in [5.74, 6) is -0.663. The molecular weight excluding hydrogens is 214 g/mol. The van der Waals surface area contributed by atoms with E-state index in [0.717, 1.165) is 25.4 Å². The van der Waals surface area contributed by atoms with Gasteiger partial charge in [0.05, 0.1) is 0 Å². The Bertz CT molecular complexity index is 200. The fraction of sp³-hybridized carbons (Fsp3) is 0.929. The highest BCUT2D eigenvalue weighted by Gasteiger charge is 2.11. The van der Waals surface area contributed by atoms with Crippen LogP contribution in [0.25, 0.3) is 0 Å². The standard InChI is InChI=1S/C14H27NO2/c16-14(17)11-7-2-1-3-8-12-15-13-9-5-4-6-10-13/h13,15H,1-12H2,(H,16,17). The Hall–Kier alpha value is -0.570. The van der Waals surface area contributed by atoms with Crippen molar-refractivity contribution >= 4 is 5.97 Å². The molecule has 0 aromatic heterocycles. The number of carbonyl (C=O) groups is 1. The Morgan fingerprint density at radius 1 is 1.00 bits per heavy atom. The van der Waals surface area contributed by atoms with Crippen LogP contribution in [0.2, 0.25) is 0 Å². The van der Waals surface area contributed by atoms with Crippen LogP contribution in [0.5, 0.6) is 0 Å². The quantitative estimate of drug-likeness (QED) is 0.609. The summed E-state index contributed by atoms with van der Waals surface area (Å²) in [7, 11) is 0. The van der Waals surface area contributed by atoms with Gasteiger partial charge in [0.15, 0.2) is 0 Å². The van der Waals surface area contributed by atoms with Crippen molar-refractivity contribution in [3.05, 3.63) is 0 Å². The minimum Gasteiger partial charge on any atom is -0.481 e. The molecule has 0 atom stereocenters. The van der Waals surface area contributed by atoms with Gasteiger partial charge < -0.3 is 10.4 Å². The van der Waals surface area contributed by atoms with Crippen LogP contribution in [-0.4, -0.2) is 23.7 Å².